The molecule has 0 spiro atoms. The van der Waals surface area contributed by atoms with Gasteiger partial charge in [0.05, 0.1) is 12.3 Å². The quantitative estimate of drug-likeness (QED) is 0.848. The standard InChI is InChI=1S/C14H23N3O/c18-10-12-13-5-1-2-7-17(13)14(16-12)8-11-4-3-6-15-9-11/h11,15,18H,1-10H2. The van der Waals surface area contributed by atoms with Crippen LogP contribution in [-0.4, -0.2) is 27.7 Å². The van der Waals surface area contributed by atoms with Crippen LogP contribution in [0.3, 0.4) is 0 Å². The molecule has 0 aromatic carbocycles. The highest BCUT2D eigenvalue weighted by atomic mass is 16.3. The van der Waals surface area contributed by atoms with E-state index in [1.807, 2.05) is 0 Å². The van der Waals surface area contributed by atoms with E-state index in [2.05, 4.69) is 14.9 Å². The number of aromatic nitrogens is 2. The third-order valence-corrected chi connectivity index (χ3v) is 4.30. The van der Waals surface area contributed by atoms with E-state index in [1.165, 1.54) is 37.2 Å². The Kier molecular flexibility index (Phi) is 3.66. The third-order valence-electron chi connectivity index (χ3n) is 4.30. The lowest BCUT2D eigenvalue weighted by Crippen LogP contribution is -2.31. The molecule has 4 heteroatoms. The molecule has 3 heterocycles. The topological polar surface area (TPSA) is 50.1 Å². The zero-order valence-corrected chi connectivity index (χ0v) is 11.0. The van der Waals surface area contributed by atoms with Crippen molar-refractivity contribution >= 4 is 0 Å². The van der Waals surface area contributed by atoms with E-state index in [4.69, 9.17) is 0 Å². The summed E-state index contributed by atoms with van der Waals surface area (Å²) in [7, 11) is 0. The number of nitrogens with zero attached hydrogens (tertiary/aromatic N) is 2. The fraction of sp³-hybridized carbons (Fsp3) is 0.786. The monoisotopic (exact) mass is 249 g/mol. The maximum atomic E-state index is 9.42. The zero-order chi connectivity index (χ0) is 12.4. The molecule has 2 aliphatic rings. The van der Waals surface area contributed by atoms with Gasteiger partial charge in [-0.1, -0.05) is 0 Å². The van der Waals surface area contributed by atoms with Gasteiger partial charge in [-0.15, -0.1) is 0 Å². The van der Waals surface area contributed by atoms with Crippen molar-refractivity contribution in [1.82, 2.24) is 14.9 Å². The Hall–Kier alpha value is -0.870. The van der Waals surface area contributed by atoms with Crippen LogP contribution in [0.25, 0.3) is 0 Å². The highest BCUT2D eigenvalue weighted by Crippen LogP contribution is 2.24. The van der Waals surface area contributed by atoms with Gasteiger partial charge in [0.15, 0.2) is 0 Å². The molecule has 1 fully saturated rings. The Morgan fingerprint density at radius 2 is 2.28 bits per heavy atom. The number of aliphatic hydroxyl groups is 1. The summed E-state index contributed by atoms with van der Waals surface area (Å²) >= 11 is 0. The SMILES string of the molecule is OCc1nc(CC2CCCNC2)n2c1CCCC2. The molecular formula is C14H23N3O. The first-order chi connectivity index (χ1) is 8.88. The number of rotatable bonds is 3. The van der Waals surface area contributed by atoms with E-state index in [0.717, 1.165) is 44.1 Å². The van der Waals surface area contributed by atoms with Gasteiger partial charge in [0, 0.05) is 18.7 Å². The molecule has 100 valence electrons. The summed E-state index contributed by atoms with van der Waals surface area (Å²) in [5.74, 6) is 1.93. The van der Waals surface area contributed by atoms with E-state index in [9.17, 15) is 5.11 Å². The fourth-order valence-corrected chi connectivity index (χ4v) is 3.34. The van der Waals surface area contributed by atoms with Crippen LogP contribution in [-0.2, 0) is 26.0 Å². The maximum absolute atomic E-state index is 9.42. The van der Waals surface area contributed by atoms with Gasteiger partial charge in [-0.25, -0.2) is 4.98 Å². The van der Waals surface area contributed by atoms with Gasteiger partial charge in [0.1, 0.15) is 5.82 Å². The van der Waals surface area contributed by atoms with Crippen molar-refractivity contribution in [3.63, 3.8) is 0 Å². The number of piperidine rings is 1. The molecular weight excluding hydrogens is 226 g/mol. The van der Waals surface area contributed by atoms with Crippen LogP contribution in [0, 0.1) is 5.92 Å². The summed E-state index contributed by atoms with van der Waals surface area (Å²) in [6.45, 7) is 3.48. The summed E-state index contributed by atoms with van der Waals surface area (Å²) < 4.78 is 2.38. The Morgan fingerprint density at radius 3 is 3.06 bits per heavy atom. The normalized spacial score (nSPS) is 23.9. The minimum Gasteiger partial charge on any atom is -0.390 e. The molecule has 1 aromatic rings. The van der Waals surface area contributed by atoms with Crippen molar-refractivity contribution in [2.24, 2.45) is 5.92 Å². The van der Waals surface area contributed by atoms with Crippen molar-refractivity contribution in [3.05, 3.63) is 17.2 Å². The lowest BCUT2D eigenvalue weighted by atomic mass is 9.96. The van der Waals surface area contributed by atoms with Crippen LogP contribution >= 0.6 is 0 Å². The number of aliphatic hydroxyl groups excluding tert-OH is 1. The molecule has 18 heavy (non-hydrogen) atoms. The first-order valence-electron chi connectivity index (χ1n) is 7.27. The molecule has 1 atom stereocenters. The molecule has 0 saturated carbocycles. The molecule has 0 aliphatic carbocycles. The smallest absolute Gasteiger partial charge is 0.109 e. The molecule has 2 aliphatic heterocycles. The fourth-order valence-electron chi connectivity index (χ4n) is 3.34. The van der Waals surface area contributed by atoms with Crippen molar-refractivity contribution < 1.29 is 5.11 Å². The number of imidazole rings is 1. The predicted molar refractivity (Wildman–Crippen MR) is 70.4 cm³/mol. The summed E-state index contributed by atoms with van der Waals surface area (Å²) in [5, 5.41) is 12.9. The zero-order valence-electron chi connectivity index (χ0n) is 11.0. The average Bonchev–Trinajstić information content (AvgIpc) is 2.78. The Bertz CT molecular complexity index is 407. The summed E-state index contributed by atoms with van der Waals surface area (Å²) in [5.41, 5.74) is 2.22. The summed E-state index contributed by atoms with van der Waals surface area (Å²) in [6, 6.07) is 0. The number of fused-ring (bicyclic) bond motifs is 1. The molecule has 1 saturated heterocycles. The summed E-state index contributed by atoms with van der Waals surface area (Å²) in [6.07, 6.45) is 7.24. The van der Waals surface area contributed by atoms with Crippen molar-refractivity contribution in [1.29, 1.82) is 0 Å². The van der Waals surface area contributed by atoms with E-state index in [0.29, 0.717) is 0 Å². The van der Waals surface area contributed by atoms with Gasteiger partial charge < -0.3 is 15.0 Å². The molecule has 0 amide bonds. The van der Waals surface area contributed by atoms with Gasteiger partial charge in [0.25, 0.3) is 0 Å². The maximum Gasteiger partial charge on any atom is 0.109 e. The van der Waals surface area contributed by atoms with E-state index >= 15 is 0 Å². The number of nitrogens with one attached hydrogen (secondary N) is 1. The van der Waals surface area contributed by atoms with Crippen LogP contribution < -0.4 is 5.32 Å². The second kappa shape index (κ2) is 5.41. The van der Waals surface area contributed by atoms with Crippen LogP contribution in [0.15, 0.2) is 0 Å². The molecule has 4 nitrogen and oxygen atoms in total. The van der Waals surface area contributed by atoms with Gasteiger partial charge in [0.2, 0.25) is 0 Å². The van der Waals surface area contributed by atoms with Gasteiger partial charge in [-0.2, -0.15) is 0 Å². The minimum absolute atomic E-state index is 0.0955. The van der Waals surface area contributed by atoms with Gasteiger partial charge in [-0.05, 0) is 51.1 Å². The second-order valence-corrected chi connectivity index (χ2v) is 5.60. The van der Waals surface area contributed by atoms with Crippen LogP contribution in [0.1, 0.15) is 42.9 Å². The lowest BCUT2D eigenvalue weighted by Gasteiger charge is -2.24. The Morgan fingerprint density at radius 1 is 1.33 bits per heavy atom. The molecule has 2 N–H and O–H groups in total. The van der Waals surface area contributed by atoms with Crippen LogP contribution in [0.5, 0.6) is 0 Å². The van der Waals surface area contributed by atoms with E-state index in [1.54, 1.807) is 0 Å². The van der Waals surface area contributed by atoms with Gasteiger partial charge in [-0.3, -0.25) is 0 Å². The van der Waals surface area contributed by atoms with Crippen LogP contribution in [0.2, 0.25) is 0 Å². The van der Waals surface area contributed by atoms with Crippen LogP contribution in [0.4, 0.5) is 0 Å². The summed E-state index contributed by atoms with van der Waals surface area (Å²) in [4.78, 5) is 4.69. The largest absolute Gasteiger partial charge is 0.390 e. The van der Waals surface area contributed by atoms with Crippen molar-refractivity contribution in [2.45, 2.75) is 51.7 Å². The molecule has 3 rings (SSSR count). The van der Waals surface area contributed by atoms with E-state index < -0.39 is 0 Å². The Labute approximate surface area is 108 Å². The van der Waals surface area contributed by atoms with Crippen molar-refractivity contribution in [3.8, 4) is 0 Å². The first kappa shape index (κ1) is 12.2. The molecule has 1 unspecified atom stereocenters. The average molecular weight is 249 g/mol. The first-order valence-corrected chi connectivity index (χ1v) is 7.27. The number of hydrogen-bond acceptors (Lipinski definition) is 3. The van der Waals surface area contributed by atoms with E-state index in [-0.39, 0.29) is 6.61 Å². The molecule has 1 aromatic heterocycles. The van der Waals surface area contributed by atoms with Gasteiger partial charge >= 0.3 is 0 Å². The predicted octanol–water partition coefficient (Wildman–Crippen LogP) is 1.25. The Balaban J connectivity index is 1.80. The van der Waals surface area contributed by atoms with Crippen molar-refractivity contribution in [2.75, 3.05) is 13.1 Å². The highest BCUT2D eigenvalue weighted by Gasteiger charge is 2.22. The third kappa shape index (κ3) is 2.31. The number of hydrogen-bond donors (Lipinski definition) is 2. The molecule has 0 radical (unpaired) electrons. The minimum atomic E-state index is 0.0955. The second-order valence-electron chi connectivity index (χ2n) is 5.60. The lowest BCUT2D eigenvalue weighted by molar-refractivity contribution is 0.275. The molecule has 0 bridgehead atoms. The highest BCUT2D eigenvalue weighted by molar-refractivity contribution is 5.19.